The van der Waals surface area contributed by atoms with Crippen LogP contribution in [-0.2, 0) is 4.74 Å². The van der Waals surface area contributed by atoms with Crippen molar-refractivity contribution in [3.63, 3.8) is 0 Å². The van der Waals surface area contributed by atoms with Gasteiger partial charge in [0, 0.05) is 19.6 Å². The molecule has 1 aliphatic rings. The number of piperazine rings is 1. The second kappa shape index (κ2) is 6.54. The van der Waals surface area contributed by atoms with Gasteiger partial charge in [-0.1, -0.05) is 12.1 Å². The SMILES string of the molecule is COc1ccc(C2CN(C(=O)OC(C)(C)C)CCN2O)cc1. The first-order chi connectivity index (χ1) is 10.3. The number of carbonyl (C=O) groups is 1. The summed E-state index contributed by atoms with van der Waals surface area (Å²) >= 11 is 0. The number of ether oxygens (including phenoxy) is 2. The highest BCUT2D eigenvalue weighted by Gasteiger charge is 2.32. The highest BCUT2D eigenvalue weighted by Crippen LogP contribution is 2.26. The zero-order valence-electron chi connectivity index (χ0n) is 13.6. The number of hydrogen-bond donors (Lipinski definition) is 1. The van der Waals surface area contributed by atoms with Crippen molar-refractivity contribution in [3.8, 4) is 5.75 Å². The number of hydroxylamine groups is 2. The maximum atomic E-state index is 12.2. The van der Waals surface area contributed by atoms with Crippen LogP contribution in [0.3, 0.4) is 0 Å². The number of amides is 1. The van der Waals surface area contributed by atoms with E-state index in [1.165, 1.54) is 5.06 Å². The minimum absolute atomic E-state index is 0.271. The van der Waals surface area contributed by atoms with Gasteiger partial charge in [-0.15, -0.1) is 0 Å². The number of nitrogens with zero attached hydrogens (tertiary/aromatic N) is 2. The van der Waals surface area contributed by atoms with Crippen LogP contribution in [0.25, 0.3) is 0 Å². The fourth-order valence-electron chi connectivity index (χ4n) is 2.37. The Morgan fingerprint density at radius 2 is 1.86 bits per heavy atom. The van der Waals surface area contributed by atoms with Crippen molar-refractivity contribution < 1.29 is 19.5 Å². The number of rotatable bonds is 2. The van der Waals surface area contributed by atoms with E-state index in [4.69, 9.17) is 9.47 Å². The standard InChI is InChI=1S/C16H24N2O4/c1-16(2,3)22-15(19)17-9-10-18(20)14(11-17)12-5-7-13(21-4)8-6-12/h5-8,14,20H,9-11H2,1-4H3. The molecule has 0 spiro atoms. The molecule has 1 aliphatic heterocycles. The molecule has 1 saturated heterocycles. The second-order valence-electron chi connectivity index (χ2n) is 6.38. The van der Waals surface area contributed by atoms with Gasteiger partial charge in [-0.2, -0.15) is 5.06 Å². The van der Waals surface area contributed by atoms with Crippen LogP contribution in [0, 0.1) is 0 Å². The molecule has 0 aromatic heterocycles. The summed E-state index contributed by atoms with van der Waals surface area (Å²) in [5, 5.41) is 11.4. The molecule has 1 aromatic rings. The smallest absolute Gasteiger partial charge is 0.410 e. The van der Waals surface area contributed by atoms with Crippen molar-refractivity contribution in [2.45, 2.75) is 32.4 Å². The second-order valence-corrected chi connectivity index (χ2v) is 6.38. The van der Waals surface area contributed by atoms with Crippen LogP contribution in [0.1, 0.15) is 32.4 Å². The minimum Gasteiger partial charge on any atom is -0.497 e. The van der Waals surface area contributed by atoms with Crippen LogP contribution in [0.15, 0.2) is 24.3 Å². The molecule has 6 nitrogen and oxygen atoms in total. The summed E-state index contributed by atoms with van der Waals surface area (Å²) < 4.78 is 10.5. The van der Waals surface area contributed by atoms with E-state index in [1.807, 2.05) is 45.0 Å². The molecule has 1 atom stereocenters. The van der Waals surface area contributed by atoms with Gasteiger partial charge in [0.05, 0.1) is 13.2 Å². The lowest BCUT2D eigenvalue weighted by Gasteiger charge is -2.38. The first-order valence-electron chi connectivity index (χ1n) is 7.37. The number of methoxy groups -OCH3 is 1. The maximum Gasteiger partial charge on any atom is 0.410 e. The van der Waals surface area contributed by atoms with Crippen molar-refractivity contribution in [2.75, 3.05) is 26.7 Å². The van der Waals surface area contributed by atoms with E-state index in [0.29, 0.717) is 19.6 Å². The van der Waals surface area contributed by atoms with Gasteiger partial charge >= 0.3 is 6.09 Å². The molecule has 0 bridgehead atoms. The Labute approximate surface area is 131 Å². The Hall–Kier alpha value is -1.79. The largest absolute Gasteiger partial charge is 0.497 e. The molecule has 1 unspecified atom stereocenters. The summed E-state index contributed by atoms with van der Waals surface area (Å²) in [5.74, 6) is 0.757. The molecule has 6 heteroatoms. The summed E-state index contributed by atoms with van der Waals surface area (Å²) in [6, 6.07) is 7.20. The molecular weight excluding hydrogens is 284 g/mol. The van der Waals surface area contributed by atoms with Crippen LogP contribution in [0.2, 0.25) is 0 Å². The topological polar surface area (TPSA) is 62.2 Å². The molecular formula is C16H24N2O4. The van der Waals surface area contributed by atoms with Gasteiger partial charge in [-0.25, -0.2) is 4.79 Å². The number of benzene rings is 1. The fraction of sp³-hybridized carbons (Fsp3) is 0.562. The molecule has 0 radical (unpaired) electrons. The molecule has 1 fully saturated rings. The third-order valence-electron chi connectivity index (χ3n) is 3.50. The summed E-state index contributed by atoms with van der Waals surface area (Å²) in [4.78, 5) is 13.8. The number of carbonyl (C=O) groups excluding carboxylic acids is 1. The lowest BCUT2D eigenvalue weighted by molar-refractivity contribution is -0.155. The van der Waals surface area contributed by atoms with Gasteiger partial charge < -0.3 is 19.6 Å². The summed E-state index contributed by atoms with van der Waals surface area (Å²) in [6.45, 7) is 6.74. The van der Waals surface area contributed by atoms with Crippen molar-refractivity contribution in [1.82, 2.24) is 9.96 Å². The molecule has 1 aromatic carbocycles. The highest BCUT2D eigenvalue weighted by atomic mass is 16.6. The van der Waals surface area contributed by atoms with Crippen molar-refractivity contribution in [1.29, 1.82) is 0 Å². The van der Waals surface area contributed by atoms with E-state index in [9.17, 15) is 10.0 Å². The maximum absolute atomic E-state index is 12.2. The van der Waals surface area contributed by atoms with Crippen LogP contribution >= 0.6 is 0 Å². The minimum atomic E-state index is -0.525. The molecule has 22 heavy (non-hydrogen) atoms. The summed E-state index contributed by atoms with van der Waals surface area (Å²) in [7, 11) is 1.61. The average molecular weight is 308 g/mol. The molecule has 0 saturated carbocycles. The normalized spacial score (nSPS) is 19.9. The fourth-order valence-corrected chi connectivity index (χ4v) is 2.37. The van der Waals surface area contributed by atoms with Gasteiger partial charge in [-0.05, 0) is 38.5 Å². The van der Waals surface area contributed by atoms with E-state index in [-0.39, 0.29) is 12.1 Å². The Morgan fingerprint density at radius 1 is 1.23 bits per heavy atom. The van der Waals surface area contributed by atoms with Crippen LogP contribution < -0.4 is 4.74 Å². The van der Waals surface area contributed by atoms with E-state index >= 15 is 0 Å². The monoisotopic (exact) mass is 308 g/mol. The van der Waals surface area contributed by atoms with E-state index < -0.39 is 5.60 Å². The quantitative estimate of drug-likeness (QED) is 0.910. The van der Waals surface area contributed by atoms with Gasteiger partial charge in [0.15, 0.2) is 0 Å². The number of hydrogen-bond acceptors (Lipinski definition) is 5. The van der Waals surface area contributed by atoms with E-state index in [1.54, 1.807) is 12.0 Å². The molecule has 1 amide bonds. The van der Waals surface area contributed by atoms with E-state index in [0.717, 1.165) is 11.3 Å². The lowest BCUT2D eigenvalue weighted by atomic mass is 10.0. The summed E-state index contributed by atoms with van der Waals surface area (Å²) in [6.07, 6.45) is -0.348. The first-order valence-corrected chi connectivity index (χ1v) is 7.37. The molecule has 0 aliphatic carbocycles. The van der Waals surface area contributed by atoms with Gasteiger partial charge in [-0.3, -0.25) is 0 Å². The zero-order chi connectivity index (χ0) is 16.3. The molecule has 2 rings (SSSR count). The van der Waals surface area contributed by atoms with Gasteiger partial charge in [0.25, 0.3) is 0 Å². The third-order valence-corrected chi connectivity index (χ3v) is 3.50. The van der Waals surface area contributed by atoms with Crippen molar-refractivity contribution in [2.24, 2.45) is 0 Å². The predicted octanol–water partition coefficient (Wildman–Crippen LogP) is 2.68. The lowest BCUT2D eigenvalue weighted by Crippen LogP contribution is -2.50. The third kappa shape index (κ3) is 4.11. The van der Waals surface area contributed by atoms with Gasteiger partial charge in [0.1, 0.15) is 11.4 Å². The average Bonchev–Trinajstić information content (AvgIpc) is 2.46. The Morgan fingerprint density at radius 3 is 2.41 bits per heavy atom. The summed E-state index contributed by atoms with van der Waals surface area (Å²) in [5.41, 5.74) is 0.403. The van der Waals surface area contributed by atoms with Crippen molar-refractivity contribution >= 4 is 6.09 Å². The van der Waals surface area contributed by atoms with E-state index in [2.05, 4.69) is 0 Å². The molecule has 1 N–H and O–H groups in total. The van der Waals surface area contributed by atoms with Crippen molar-refractivity contribution in [3.05, 3.63) is 29.8 Å². The van der Waals surface area contributed by atoms with Crippen LogP contribution in [-0.4, -0.2) is 53.6 Å². The first kappa shape index (κ1) is 16.6. The Bertz CT molecular complexity index is 510. The zero-order valence-corrected chi connectivity index (χ0v) is 13.6. The highest BCUT2D eigenvalue weighted by molar-refractivity contribution is 5.68. The molecule has 1 heterocycles. The van der Waals surface area contributed by atoms with Crippen LogP contribution in [0.4, 0.5) is 4.79 Å². The van der Waals surface area contributed by atoms with Gasteiger partial charge in [0.2, 0.25) is 0 Å². The van der Waals surface area contributed by atoms with Crippen LogP contribution in [0.5, 0.6) is 5.75 Å². The predicted molar refractivity (Wildman–Crippen MR) is 82.0 cm³/mol. The Balaban J connectivity index is 2.08. The molecule has 122 valence electrons. The Kier molecular flexibility index (Phi) is 4.93.